The van der Waals surface area contributed by atoms with E-state index < -0.39 is 5.97 Å². The Bertz CT molecular complexity index is 1420. The number of aromatic nitrogens is 1. The summed E-state index contributed by atoms with van der Waals surface area (Å²) in [6, 6.07) is 23.4. The first-order chi connectivity index (χ1) is 17.9. The molecule has 7 heteroatoms. The van der Waals surface area contributed by atoms with Crippen LogP contribution in [-0.2, 0) is 16.1 Å². The zero-order valence-corrected chi connectivity index (χ0v) is 20.9. The highest BCUT2D eigenvalue weighted by Gasteiger charge is 2.09. The maximum atomic E-state index is 12.8. The summed E-state index contributed by atoms with van der Waals surface area (Å²) < 4.78 is 13.1. The van der Waals surface area contributed by atoms with Crippen LogP contribution in [0, 0.1) is 0 Å². The summed E-state index contributed by atoms with van der Waals surface area (Å²) in [5.41, 5.74) is 4.63. The number of benzene rings is 3. The molecule has 1 amide bonds. The van der Waals surface area contributed by atoms with Crippen molar-refractivity contribution < 1.29 is 24.2 Å². The van der Waals surface area contributed by atoms with Gasteiger partial charge in [-0.2, -0.15) is 0 Å². The zero-order valence-electron chi connectivity index (χ0n) is 20.9. The Balaban J connectivity index is 1.43. The number of carbonyl (C=O) groups excluding carboxylic acids is 1. The first kappa shape index (κ1) is 25.6. The molecule has 190 valence electrons. The number of allylic oxidation sites excluding steroid dienone is 1. The maximum absolute atomic E-state index is 12.8. The van der Waals surface area contributed by atoms with Crippen molar-refractivity contribution in [1.82, 2.24) is 4.57 Å². The molecular formula is C30H30N2O5. The highest BCUT2D eigenvalue weighted by atomic mass is 16.5. The lowest BCUT2D eigenvalue weighted by Crippen LogP contribution is -2.11. The number of ether oxygens (including phenoxy) is 2. The number of nitrogens with zero attached hydrogens (tertiary/aromatic N) is 1. The molecule has 37 heavy (non-hydrogen) atoms. The number of para-hydroxylation sites is 2. The lowest BCUT2D eigenvalue weighted by Gasteiger charge is -2.12. The van der Waals surface area contributed by atoms with Crippen molar-refractivity contribution in [1.29, 1.82) is 0 Å². The highest BCUT2D eigenvalue weighted by Crippen LogP contribution is 2.26. The van der Waals surface area contributed by atoms with Crippen LogP contribution in [0.15, 0.2) is 85.1 Å². The van der Waals surface area contributed by atoms with Crippen molar-refractivity contribution in [2.24, 2.45) is 0 Å². The number of anilines is 1. The summed E-state index contributed by atoms with van der Waals surface area (Å²) in [6.07, 6.45) is 4.06. The van der Waals surface area contributed by atoms with E-state index in [9.17, 15) is 9.59 Å². The summed E-state index contributed by atoms with van der Waals surface area (Å²) in [5, 5.41) is 12.7. The molecule has 4 aromatic rings. The molecule has 0 radical (unpaired) electrons. The second-order valence-electron chi connectivity index (χ2n) is 8.72. The van der Waals surface area contributed by atoms with Crippen LogP contribution in [0.2, 0.25) is 0 Å². The predicted octanol–water partition coefficient (Wildman–Crippen LogP) is 5.98. The van der Waals surface area contributed by atoms with Gasteiger partial charge in [-0.05, 0) is 72.5 Å². The van der Waals surface area contributed by atoms with Crippen LogP contribution in [0.1, 0.15) is 30.9 Å². The van der Waals surface area contributed by atoms with Gasteiger partial charge in [0.15, 0.2) is 0 Å². The molecule has 0 spiro atoms. The van der Waals surface area contributed by atoms with Crippen LogP contribution in [0.3, 0.4) is 0 Å². The molecule has 0 saturated carbocycles. The van der Waals surface area contributed by atoms with E-state index in [1.54, 1.807) is 37.5 Å². The third kappa shape index (κ3) is 6.79. The van der Waals surface area contributed by atoms with Gasteiger partial charge in [0.2, 0.25) is 5.91 Å². The number of carboxylic acids is 1. The SMILES string of the molecule is COc1ccc(Cn2ccc3cc(C(C)=CC(=O)Nc4ccccc4OCCCC(=O)O)ccc32)cc1. The van der Waals surface area contributed by atoms with Gasteiger partial charge < -0.3 is 24.5 Å². The molecule has 1 aromatic heterocycles. The Morgan fingerprint density at radius 1 is 1.03 bits per heavy atom. The van der Waals surface area contributed by atoms with E-state index in [4.69, 9.17) is 14.6 Å². The molecule has 0 atom stereocenters. The van der Waals surface area contributed by atoms with Crippen LogP contribution >= 0.6 is 0 Å². The second-order valence-corrected chi connectivity index (χ2v) is 8.72. The summed E-state index contributed by atoms with van der Waals surface area (Å²) >= 11 is 0. The van der Waals surface area contributed by atoms with E-state index >= 15 is 0 Å². The first-order valence-electron chi connectivity index (χ1n) is 12.1. The normalized spacial score (nSPS) is 11.4. The van der Waals surface area contributed by atoms with Gasteiger partial charge in [0.05, 0.1) is 19.4 Å². The van der Waals surface area contributed by atoms with E-state index in [0.29, 0.717) is 17.9 Å². The molecule has 2 N–H and O–H groups in total. The van der Waals surface area contributed by atoms with Gasteiger partial charge in [0.25, 0.3) is 0 Å². The van der Waals surface area contributed by atoms with E-state index in [0.717, 1.165) is 34.3 Å². The Hall–Kier alpha value is -4.52. The molecule has 7 nitrogen and oxygen atoms in total. The van der Waals surface area contributed by atoms with Gasteiger partial charge in [-0.3, -0.25) is 9.59 Å². The van der Waals surface area contributed by atoms with Gasteiger partial charge >= 0.3 is 5.97 Å². The minimum absolute atomic E-state index is 0.0334. The van der Waals surface area contributed by atoms with Crippen molar-refractivity contribution >= 4 is 34.0 Å². The van der Waals surface area contributed by atoms with Crippen molar-refractivity contribution in [3.63, 3.8) is 0 Å². The average molecular weight is 499 g/mol. The van der Waals surface area contributed by atoms with Gasteiger partial charge in [0.1, 0.15) is 11.5 Å². The molecule has 0 saturated heterocycles. The Labute approximate surface area is 216 Å². The minimum atomic E-state index is -0.863. The average Bonchev–Trinajstić information content (AvgIpc) is 3.29. The Morgan fingerprint density at radius 3 is 2.57 bits per heavy atom. The molecule has 0 bridgehead atoms. The minimum Gasteiger partial charge on any atom is -0.497 e. The van der Waals surface area contributed by atoms with Crippen molar-refractivity contribution in [2.75, 3.05) is 19.0 Å². The van der Waals surface area contributed by atoms with Gasteiger partial charge in [-0.25, -0.2) is 0 Å². The molecule has 4 rings (SSSR count). The van der Waals surface area contributed by atoms with E-state index in [2.05, 4.69) is 46.4 Å². The number of nitrogens with one attached hydrogen (secondary N) is 1. The monoisotopic (exact) mass is 498 g/mol. The van der Waals surface area contributed by atoms with Gasteiger partial charge in [-0.1, -0.05) is 30.3 Å². The molecule has 0 unspecified atom stereocenters. The Kier molecular flexibility index (Phi) is 8.26. The van der Waals surface area contributed by atoms with Crippen LogP contribution in [0.25, 0.3) is 16.5 Å². The first-order valence-corrected chi connectivity index (χ1v) is 12.1. The van der Waals surface area contributed by atoms with Crippen molar-refractivity contribution in [3.05, 3.63) is 96.2 Å². The molecular weight excluding hydrogens is 468 g/mol. The smallest absolute Gasteiger partial charge is 0.303 e. The molecule has 3 aromatic carbocycles. The van der Waals surface area contributed by atoms with E-state index in [1.807, 2.05) is 25.1 Å². The number of carbonyl (C=O) groups is 2. The number of hydrogen-bond donors (Lipinski definition) is 2. The summed E-state index contributed by atoms with van der Waals surface area (Å²) in [7, 11) is 1.66. The predicted molar refractivity (Wildman–Crippen MR) is 145 cm³/mol. The third-order valence-electron chi connectivity index (χ3n) is 6.02. The number of rotatable bonds is 11. The number of fused-ring (bicyclic) bond motifs is 1. The Morgan fingerprint density at radius 2 is 1.81 bits per heavy atom. The molecule has 0 aliphatic rings. The molecule has 0 fully saturated rings. The van der Waals surface area contributed by atoms with Crippen LogP contribution in [0.4, 0.5) is 5.69 Å². The molecule has 1 heterocycles. The van der Waals surface area contributed by atoms with Gasteiger partial charge in [-0.15, -0.1) is 0 Å². The van der Waals surface area contributed by atoms with E-state index in [-0.39, 0.29) is 18.9 Å². The van der Waals surface area contributed by atoms with Crippen molar-refractivity contribution in [2.45, 2.75) is 26.3 Å². The fourth-order valence-corrected chi connectivity index (χ4v) is 4.06. The standard InChI is InChI=1S/C30H30N2O5/c1-21(18-29(33)31-26-6-3-4-7-28(26)37-17-5-8-30(34)35)23-11-14-27-24(19-23)15-16-32(27)20-22-9-12-25(36-2)13-10-22/h3-4,6-7,9-16,18-19H,5,8,17,20H2,1-2H3,(H,31,33)(H,34,35). The lowest BCUT2D eigenvalue weighted by molar-refractivity contribution is -0.137. The fraction of sp³-hybridized carbons (Fsp3) is 0.200. The molecule has 0 aliphatic heterocycles. The zero-order chi connectivity index (χ0) is 26.2. The quantitative estimate of drug-likeness (QED) is 0.196. The number of amides is 1. The fourth-order valence-electron chi connectivity index (χ4n) is 4.06. The second kappa shape index (κ2) is 11.9. The summed E-state index contributed by atoms with van der Waals surface area (Å²) in [5.74, 6) is 0.213. The molecule has 0 aliphatic carbocycles. The number of aliphatic carboxylic acids is 1. The van der Waals surface area contributed by atoms with Gasteiger partial charge in [0, 0.05) is 36.1 Å². The lowest BCUT2D eigenvalue weighted by atomic mass is 10.0. The van der Waals surface area contributed by atoms with Crippen LogP contribution < -0.4 is 14.8 Å². The number of carboxylic acid groups (broad SMARTS) is 1. The topological polar surface area (TPSA) is 89.8 Å². The number of methoxy groups -OCH3 is 1. The van der Waals surface area contributed by atoms with Crippen molar-refractivity contribution in [3.8, 4) is 11.5 Å². The van der Waals surface area contributed by atoms with E-state index in [1.165, 1.54) is 5.56 Å². The highest BCUT2D eigenvalue weighted by molar-refractivity contribution is 6.04. The summed E-state index contributed by atoms with van der Waals surface area (Å²) in [4.78, 5) is 23.4. The number of hydrogen-bond acceptors (Lipinski definition) is 4. The maximum Gasteiger partial charge on any atom is 0.303 e. The third-order valence-corrected chi connectivity index (χ3v) is 6.02. The van der Waals surface area contributed by atoms with Crippen LogP contribution in [0.5, 0.6) is 11.5 Å². The largest absolute Gasteiger partial charge is 0.497 e. The summed E-state index contributed by atoms with van der Waals surface area (Å²) in [6.45, 7) is 2.91. The van der Waals surface area contributed by atoms with Crippen LogP contribution in [-0.4, -0.2) is 35.3 Å².